The van der Waals surface area contributed by atoms with Crippen LogP contribution < -0.4 is 30.3 Å². The molecule has 0 aliphatic rings. The van der Waals surface area contributed by atoms with E-state index in [0.29, 0.717) is 29.2 Å². The van der Waals surface area contributed by atoms with Gasteiger partial charge in [0.05, 0.1) is 20.4 Å². The van der Waals surface area contributed by atoms with Gasteiger partial charge in [0, 0.05) is 12.2 Å². The summed E-state index contributed by atoms with van der Waals surface area (Å²) in [6.45, 7) is 3.93. The Kier molecular flexibility index (Phi) is 10.4. The highest BCUT2D eigenvalue weighted by Crippen LogP contribution is 2.27. The quantitative estimate of drug-likeness (QED) is 0.198. The number of carbonyl (C=O) groups is 3. The number of ether oxygens (including phenoxy) is 3. The van der Waals surface area contributed by atoms with Crippen LogP contribution in [0.1, 0.15) is 22.3 Å². The van der Waals surface area contributed by atoms with E-state index >= 15 is 0 Å². The molecule has 0 radical (unpaired) electrons. The molecule has 0 heterocycles. The van der Waals surface area contributed by atoms with Crippen molar-refractivity contribution in [1.82, 2.24) is 10.7 Å². The number of hydrogen-bond acceptors (Lipinski definition) is 7. The van der Waals surface area contributed by atoms with E-state index in [1.54, 1.807) is 44.6 Å². The second-order valence-corrected chi connectivity index (χ2v) is 8.57. The van der Waals surface area contributed by atoms with Gasteiger partial charge in [-0.3, -0.25) is 14.4 Å². The Balaban J connectivity index is 1.43. The van der Waals surface area contributed by atoms with Crippen molar-refractivity contribution in [2.75, 3.05) is 32.7 Å². The zero-order valence-corrected chi connectivity index (χ0v) is 22.4. The number of para-hydroxylation sites is 1. The number of rotatable bonds is 11. The average molecular weight is 533 g/mol. The number of nitrogens with zero attached hydrogens (tertiary/aromatic N) is 1. The van der Waals surface area contributed by atoms with Crippen LogP contribution in [0.15, 0.2) is 65.8 Å². The Labute approximate surface area is 227 Å². The Morgan fingerprint density at radius 2 is 1.59 bits per heavy atom. The zero-order valence-electron chi connectivity index (χ0n) is 22.4. The van der Waals surface area contributed by atoms with Gasteiger partial charge in [0.15, 0.2) is 18.1 Å². The lowest BCUT2D eigenvalue weighted by atomic mass is 10.1. The molecule has 0 aromatic heterocycles. The highest BCUT2D eigenvalue weighted by molar-refractivity contribution is 6.35. The van der Waals surface area contributed by atoms with E-state index < -0.39 is 11.8 Å². The highest BCUT2D eigenvalue weighted by Gasteiger charge is 2.12. The molecular formula is C29H32N4O6. The molecule has 0 saturated carbocycles. The van der Waals surface area contributed by atoms with Gasteiger partial charge >= 0.3 is 11.8 Å². The number of nitrogens with one attached hydrogen (secondary N) is 3. The van der Waals surface area contributed by atoms with Gasteiger partial charge < -0.3 is 24.8 Å². The summed E-state index contributed by atoms with van der Waals surface area (Å²) in [5, 5.41) is 9.25. The molecule has 10 heteroatoms. The van der Waals surface area contributed by atoms with Crippen LogP contribution in [0.3, 0.4) is 0 Å². The Morgan fingerprint density at radius 3 is 2.31 bits per heavy atom. The molecule has 3 rings (SSSR count). The van der Waals surface area contributed by atoms with Gasteiger partial charge in [0.2, 0.25) is 0 Å². The number of carbonyl (C=O) groups excluding carboxylic acids is 3. The van der Waals surface area contributed by atoms with Crippen LogP contribution in [0.4, 0.5) is 5.69 Å². The van der Waals surface area contributed by atoms with Gasteiger partial charge in [-0.1, -0.05) is 36.4 Å². The van der Waals surface area contributed by atoms with Crippen molar-refractivity contribution in [3.05, 3.63) is 82.9 Å². The third-order valence-electron chi connectivity index (χ3n) is 5.71. The van der Waals surface area contributed by atoms with E-state index in [0.717, 1.165) is 22.4 Å². The zero-order chi connectivity index (χ0) is 28.2. The van der Waals surface area contributed by atoms with E-state index in [4.69, 9.17) is 14.2 Å². The fourth-order valence-electron chi connectivity index (χ4n) is 3.67. The Bertz CT molecular complexity index is 1340. The lowest BCUT2D eigenvalue weighted by molar-refractivity contribution is -0.139. The first-order valence-electron chi connectivity index (χ1n) is 12.2. The molecule has 0 aliphatic carbocycles. The van der Waals surface area contributed by atoms with E-state index in [1.807, 2.05) is 44.2 Å². The van der Waals surface area contributed by atoms with Crippen molar-refractivity contribution in [2.24, 2.45) is 5.10 Å². The topological polar surface area (TPSA) is 127 Å². The van der Waals surface area contributed by atoms with Crippen molar-refractivity contribution in [2.45, 2.75) is 20.3 Å². The third kappa shape index (κ3) is 8.60. The van der Waals surface area contributed by atoms with Crippen LogP contribution in [0.2, 0.25) is 0 Å². The fourth-order valence-corrected chi connectivity index (χ4v) is 3.67. The molecule has 0 saturated heterocycles. The summed E-state index contributed by atoms with van der Waals surface area (Å²) in [6, 6.07) is 18.0. The number of anilines is 1. The SMILES string of the molecule is COc1ccc(CCNC(=O)C(=O)N/N=C\c2cccc(OCC(=O)Nc3c(C)cccc3C)c2)cc1OC. The van der Waals surface area contributed by atoms with E-state index in [9.17, 15) is 14.4 Å². The predicted octanol–water partition coefficient (Wildman–Crippen LogP) is 3.15. The molecule has 204 valence electrons. The van der Waals surface area contributed by atoms with Gasteiger partial charge in [-0.15, -0.1) is 0 Å². The molecule has 0 unspecified atom stereocenters. The maximum absolute atomic E-state index is 12.3. The van der Waals surface area contributed by atoms with Crippen LogP contribution in [0.25, 0.3) is 0 Å². The normalized spacial score (nSPS) is 10.6. The van der Waals surface area contributed by atoms with Gasteiger partial charge in [-0.25, -0.2) is 5.43 Å². The second kappa shape index (κ2) is 14.2. The summed E-state index contributed by atoms with van der Waals surface area (Å²) in [4.78, 5) is 36.5. The van der Waals surface area contributed by atoms with Crippen molar-refractivity contribution in [3.8, 4) is 17.2 Å². The third-order valence-corrected chi connectivity index (χ3v) is 5.71. The van der Waals surface area contributed by atoms with Crippen molar-refractivity contribution < 1.29 is 28.6 Å². The molecule has 0 fully saturated rings. The standard InChI is InChI=1S/C29H32N4O6/c1-19-7-5-8-20(2)27(19)32-26(34)18-39-23-10-6-9-22(15-23)17-31-33-29(36)28(35)30-14-13-21-11-12-24(37-3)25(16-21)38-4/h5-12,15-17H,13-14,18H2,1-4H3,(H,30,35)(H,32,34)(H,33,36)/b31-17-. The number of aryl methyl sites for hydroxylation is 2. The van der Waals surface area contributed by atoms with E-state index in [-0.39, 0.29) is 19.1 Å². The van der Waals surface area contributed by atoms with Gasteiger partial charge in [-0.2, -0.15) is 5.10 Å². The summed E-state index contributed by atoms with van der Waals surface area (Å²) in [5.41, 5.74) is 6.43. The van der Waals surface area contributed by atoms with Crippen LogP contribution >= 0.6 is 0 Å². The molecule has 10 nitrogen and oxygen atoms in total. The van der Waals surface area contributed by atoms with Gasteiger partial charge in [0.1, 0.15) is 5.75 Å². The Morgan fingerprint density at radius 1 is 0.872 bits per heavy atom. The van der Waals surface area contributed by atoms with Gasteiger partial charge in [0.25, 0.3) is 5.91 Å². The summed E-state index contributed by atoms with van der Waals surface area (Å²) in [7, 11) is 3.10. The maximum Gasteiger partial charge on any atom is 0.329 e. The average Bonchev–Trinajstić information content (AvgIpc) is 2.94. The monoisotopic (exact) mass is 532 g/mol. The van der Waals surface area contributed by atoms with Crippen molar-refractivity contribution in [1.29, 1.82) is 0 Å². The van der Waals surface area contributed by atoms with Crippen molar-refractivity contribution in [3.63, 3.8) is 0 Å². The number of hydrazone groups is 1. The first-order valence-corrected chi connectivity index (χ1v) is 12.2. The second-order valence-electron chi connectivity index (χ2n) is 8.57. The minimum Gasteiger partial charge on any atom is -0.493 e. The lowest BCUT2D eigenvalue weighted by Crippen LogP contribution is -2.38. The van der Waals surface area contributed by atoms with Crippen LogP contribution in [-0.2, 0) is 20.8 Å². The van der Waals surface area contributed by atoms with Crippen molar-refractivity contribution >= 4 is 29.6 Å². The Hall–Kier alpha value is -4.86. The number of methoxy groups -OCH3 is 2. The molecule has 3 aromatic carbocycles. The number of amides is 3. The van der Waals surface area contributed by atoms with Crippen LogP contribution in [0, 0.1) is 13.8 Å². The maximum atomic E-state index is 12.3. The largest absolute Gasteiger partial charge is 0.493 e. The van der Waals surface area contributed by atoms with E-state index in [2.05, 4.69) is 21.2 Å². The number of benzene rings is 3. The first-order chi connectivity index (χ1) is 18.8. The highest BCUT2D eigenvalue weighted by atomic mass is 16.5. The molecule has 0 atom stereocenters. The first kappa shape index (κ1) is 28.7. The predicted molar refractivity (Wildman–Crippen MR) is 148 cm³/mol. The summed E-state index contributed by atoms with van der Waals surface area (Å²) in [6.07, 6.45) is 1.87. The molecule has 0 aliphatic heterocycles. The molecule has 0 spiro atoms. The fraction of sp³-hybridized carbons (Fsp3) is 0.241. The smallest absolute Gasteiger partial charge is 0.329 e. The molecule has 3 N–H and O–H groups in total. The number of hydrogen-bond donors (Lipinski definition) is 3. The molecule has 3 aromatic rings. The molecule has 3 amide bonds. The molecule has 0 bridgehead atoms. The minimum atomic E-state index is -0.894. The summed E-state index contributed by atoms with van der Waals surface area (Å²) in [5.74, 6) is -0.332. The van der Waals surface area contributed by atoms with E-state index in [1.165, 1.54) is 6.21 Å². The van der Waals surface area contributed by atoms with Crippen LogP contribution in [0.5, 0.6) is 17.2 Å². The molecular weight excluding hydrogens is 500 g/mol. The minimum absolute atomic E-state index is 0.172. The van der Waals surface area contributed by atoms with Gasteiger partial charge in [-0.05, 0) is 66.8 Å². The lowest BCUT2D eigenvalue weighted by Gasteiger charge is -2.12. The van der Waals surface area contributed by atoms with Crippen LogP contribution in [-0.4, -0.2) is 51.3 Å². The molecule has 39 heavy (non-hydrogen) atoms. The summed E-state index contributed by atoms with van der Waals surface area (Å²) >= 11 is 0. The summed E-state index contributed by atoms with van der Waals surface area (Å²) < 4.78 is 16.1.